The molecule has 4 nitrogen and oxygen atoms in total. The number of carbonyl (C=O) groups is 1. The Kier molecular flexibility index (Phi) is 2.28. The minimum absolute atomic E-state index is 0.0113. The zero-order chi connectivity index (χ0) is 9.26. The van der Waals surface area contributed by atoms with Crippen LogP contribution in [-0.2, 0) is 4.79 Å². The molecule has 2 heterocycles. The van der Waals surface area contributed by atoms with Crippen LogP contribution in [0.5, 0.6) is 0 Å². The monoisotopic (exact) mass is 198 g/mol. The van der Waals surface area contributed by atoms with Gasteiger partial charge >= 0.3 is 0 Å². The van der Waals surface area contributed by atoms with Gasteiger partial charge in [-0.3, -0.25) is 9.69 Å². The summed E-state index contributed by atoms with van der Waals surface area (Å²) in [5.41, 5.74) is 5.72. The Hall–Kier alpha value is -0.940. The summed E-state index contributed by atoms with van der Waals surface area (Å²) >= 11 is 1.47. The van der Waals surface area contributed by atoms with Gasteiger partial charge in [-0.05, 0) is 6.07 Å². The summed E-state index contributed by atoms with van der Waals surface area (Å²) < 4.78 is 5.13. The van der Waals surface area contributed by atoms with Crippen molar-refractivity contribution in [2.24, 2.45) is 5.73 Å². The molecule has 0 saturated carbocycles. The fourth-order valence-electron chi connectivity index (χ4n) is 1.23. The van der Waals surface area contributed by atoms with E-state index in [2.05, 4.69) is 0 Å². The number of nitrogens with zero attached hydrogens (tertiary/aromatic N) is 1. The van der Waals surface area contributed by atoms with Crippen molar-refractivity contribution in [3.8, 4) is 0 Å². The topological polar surface area (TPSA) is 59.5 Å². The van der Waals surface area contributed by atoms with Gasteiger partial charge in [0.1, 0.15) is 0 Å². The maximum atomic E-state index is 11.4. The van der Waals surface area contributed by atoms with Crippen LogP contribution in [0.2, 0.25) is 0 Å². The number of carbonyl (C=O) groups excluding carboxylic acids is 1. The van der Waals surface area contributed by atoms with E-state index < -0.39 is 0 Å². The van der Waals surface area contributed by atoms with E-state index in [1.807, 2.05) is 0 Å². The van der Waals surface area contributed by atoms with E-state index >= 15 is 0 Å². The molecule has 2 rings (SSSR count). The van der Waals surface area contributed by atoms with Crippen molar-refractivity contribution < 1.29 is 9.21 Å². The van der Waals surface area contributed by atoms with Crippen LogP contribution >= 0.6 is 11.8 Å². The van der Waals surface area contributed by atoms with Crippen LogP contribution in [0.4, 0.5) is 5.88 Å². The minimum Gasteiger partial charge on any atom is -0.448 e. The van der Waals surface area contributed by atoms with E-state index in [0.717, 1.165) is 0 Å². The molecule has 2 N–H and O–H groups in total. The summed E-state index contributed by atoms with van der Waals surface area (Å²) in [5, 5.41) is -0.0113. The molecule has 0 aliphatic carbocycles. The van der Waals surface area contributed by atoms with Crippen LogP contribution in [0.3, 0.4) is 0 Å². The molecule has 1 amide bonds. The lowest BCUT2D eigenvalue weighted by Gasteiger charge is -2.27. The van der Waals surface area contributed by atoms with E-state index in [9.17, 15) is 4.79 Å². The number of rotatable bonds is 1. The number of nitrogens with two attached hydrogens (primary N) is 1. The Balaban J connectivity index is 2.17. The van der Waals surface area contributed by atoms with Crippen LogP contribution in [0.15, 0.2) is 22.8 Å². The lowest BCUT2D eigenvalue weighted by Crippen LogP contribution is -2.45. The van der Waals surface area contributed by atoms with Crippen molar-refractivity contribution in [1.82, 2.24) is 0 Å². The molecule has 1 unspecified atom stereocenters. The van der Waals surface area contributed by atoms with Crippen molar-refractivity contribution >= 4 is 23.6 Å². The van der Waals surface area contributed by atoms with Crippen LogP contribution in [-0.4, -0.2) is 23.6 Å². The van der Waals surface area contributed by atoms with Gasteiger partial charge < -0.3 is 10.2 Å². The van der Waals surface area contributed by atoms with Crippen LogP contribution < -0.4 is 10.6 Å². The highest BCUT2D eigenvalue weighted by Gasteiger charge is 2.26. The van der Waals surface area contributed by atoms with Crippen molar-refractivity contribution in [3.05, 3.63) is 18.4 Å². The fourth-order valence-corrected chi connectivity index (χ4v) is 1.99. The van der Waals surface area contributed by atoms with Gasteiger partial charge in [0.15, 0.2) is 0 Å². The Morgan fingerprint density at radius 3 is 3.23 bits per heavy atom. The standard InChI is InChI=1S/C8H10N2O2S/c9-6-4-10(7(11)5-13-6)8-2-1-3-12-8/h1-3,6H,4-5,9H2. The average molecular weight is 198 g/mol. The maximum absolute atomic E-state index is 11.4. The molecule has 0 spiro atoms. The Morgan fingerprint density at radius 2 is 2.54 bits per heavy atom. The number of hydrogen-bond acceptors (Lipinski definition) is 4. The summed E-state index contributed by atoms with van der Waals surface area (Å²) in [7, 11) is 0. The van der Waals surface area contributed by atoms with Crippen LogP contribution in [0, 0.1) is 0 Å². The van der Waals surface area contributed by atoms with E-state index in [4.69, 9.17) is 10.2 Å². The van der Waals surface area contributed by atoms with Gasteiger partial charge in [0.2, 0.25) is 11.8 Å². The highest BCUT2D eigenvalue weighted by molar-refractivity contribution is 8.00. The first kappa shape index (κ1) is 8.65. The fraction of sp³-hybridized carbons (Fsp3) is 0.375. The first-order chi connectivity index (χ1) is 6.27. The SMILES string of the molecule is NC1CN(c2ccco2)C(=O)CS1. The van der Waals surface area contributed by atoms with Crippen molar-refractivity contribution in [3.63, 3.8) is 0 Å². The molecular weight excluding hydrogens is 188 g/mol. The molecular formula is C8H10N2O2S. The predicted octanol–water partition coefficient (Wildman–Crippen LogP) is 0.644. The quantitative estimate of drug-likeness (QED) is 0.719. The largest absolute Gasteiger partial charge is 0.448 e. The number of amides is 1. The summed E-state index contributed by atoms with van der Waals surface area (Å²) in [6, 6.07) is 3.52. The number of anilines is 1. The number of hydrogen-bond donors (Lipinski definition) is 1. The van der Waals surface area contributed by atoms with Gasteiger partial charge in [0.25, 0.3) is 0 Å². The highest BCUT2D eigenvalue weighted by Crippen LogP contribution is 2.22. The first-order valence-electron chi connectivity index (χ1n) is 3.98. The maximum Gasteiger partial charge on any atom is 0.239 e. The molecule has 1 aliphatic rings. The second-order valence-electron chi connectivity index (χ2n) is 2.81. The predicted molar refractivity (Wildman–Crippen MR) is 51.5 cm³/mol. The summed E-state index contributed by atoms with van der Waals surface area (Å²) in [5.74, 6) is 1.07. The van der Waals surface area contributed by atoms with Crippen molar-refractivity contribution in [1.29, 1.82) is 0 Å². The van der Waals surface area contributed by atoms with Crippen LogP contribution in [0.1, 0.15) is 0 Å². The smallest absolute Gasteiger partial charge is 0.239 e. The second-order valence-corrected chi connectivity index (χ2v) is 4.03. The van der Waals surface area contributed by atoms with Gasteiger partial charge in [-0.1, -0.05) is 0 Å². The molecule has 1 aliphatic heterocycles. The first-order valence-corrected chi connectivity index (χ1v) is 5.03. The molecule has 1 saturated heterocycles. The summed E-state index contributed by atoms with van der Waals surface area (Å²) in [6.07, 6.45) is 1.55. The van der Waals surface area contributed by atoms with Crippen molar-refractivity contribution in [2.75, 3.05) is 17.2 Å². The lowest BCUT2D eigenvalue weighted by molar-refractivity contribution is -0.116. The van der Waals surface area contributed by atoms with Gasteiger partial charge in [0, 0.05) is 6.07 Å². The molecule has 0 bridgehead atoms. The van der Waals surface area contributed by atoms with Crippen LogP contribution in [0.25, 0.3) is 0 Å². The van der Waals surface area contributed by atoms with Gasteiger partial charge in [-0.2, -0.15) is 0 Å². The molecule has 1 fully saturated rings. The average Bonchev–Trinajstić information content (AvgIpc) is 2.61. The van der Waals surface area contributed by atoms with E-state index in [1.165, 1.54) is 11.8 Å². The molecule has 0 aromatic carbocycles. The third kappa shape index (κ3) is 1.71. The molecule has 13 heavy (non-hydrogen) atoms. The summed E-state index contributed by atoms with van der Waals surface area (Å²) in [4.78, 5) is 13.0. The third-order valence-electron chi connectivity index (χ3n) is 1.86. The Bertz CT molecular complexity index is 299. The van der Waals surface area contributed by atoms with E-state index in [0.29, 0.717) is 18.2 Å². The molecule has 0 radical (unpaired) electrons. The lowest BCUT2D eigenvalue weighted by atomic mass is 10.4. The summed E-state index contributed by atoms with van der Waals surface area (Å²) in [6.45, 7) is 0.525. The Labute approximate surface area is 80.1 Å². The third-order valence-corrected chi connectivity index (χ3v) is 2.85. The second kappa shape index (κ2) is 3.43. The zero-order valence-electron chi connectivity index (χ0n) is 6.97. The normalized spacial score (nSPS) is 23.6. The minimum atomic E-state index is -0.0113. The molecule has 1 aromatic rings. The molecule has 1 atom stereocenters. The Morgan fingerprint density at radius 1 is 1.69 bits per heavy atom. The van der Waals surface area contributed by atoms with Gasteiger partial charge in [-0.25, -0.2) is 0 Å². The molecule has 1 aromatic heterocycles. The number of furan rings is 1. The molecule has 70 valence electrons. The van der Waals surface area contributed by atoms with Crippen molar-refractivity contribution in [2.45, 2.75) is 5.37 Å². The molecule has 5 heteroatoms. The highest BCUT2D eigenvalue weighted by atomic mass is 32.2. The number of thioether (sulfide) groups is 1. The van der Waals surface area contributed by atoms with E-state index in [-0.39, 0.29) is 11.3 Å². The zero-order valence-corrected chi connectivity index (χ0v) is 7.79. The van der Waals surface area contributed by atoms with Gasteiger partial charge in [0.05, 0.1) is 23.9 Å². The van der Waals surface area contributed by atoms with Gasteiger partial charge in [-0.15, -0.1) is 11.8 Å². The van der Waals surface area contributed by atoms with E-state index in [1.54, 1.807) is 23.3 Å².